The van der Waals surface area contributed by atoms with Crippen LogP contribution in [0.4, 0.5) is 0 Å². The lowest BCUT2D eigenvalue weighted by molar-refractivity contribution is 0.589. The van der Waals surface area contributed by atoms with Crippen molar-refractivity contribution in [2.45, 2.75) is 52.5 Å². The first-order chi connectivity index (χ1) is 9.32. The van der Waals surface area contributed by atoms with Crippen molar-refractivity contribution in [3.8, 4) is 0 Å². The number of nitrogens with two attached hydrogens (primary N) is 1. The van der Waals surface area contributed by atoms with Crippen molar-refractivity contribution in [1.29, 1.82) is 0 Å². The third-order valence-corrected chi connectivity index (χ3v) is 4.74. The molecule has 2 rings (SSSR count). The molecule has 1 heterocycles. The highest BCUT2D eigenvalue weighted by Gasteiger charge is 2.17. The summed E-state index contributed by atoms with van der Waals surface area (Å²) < 4.78 is 0. The highest BCUT2D eigenvalue weighted by molar-refractivity contribution is 7.11. The summed E-state index contributed by atoms with van der Waals surface area (Å²) in [5, 5.41) is 1.02. The lowest BCUT2D eigenvalue weighted by Gasteiger charge is -2.20. The Morgan fingerprint density at radius 3 is 2.25 bits per heavy atom. The van der Waals surface area contributed by atoms with E-state index in [1.807, 2.05) is 0 Å². The first kappa shape index (κ1) is 15.2. The predicted octanol–water partition coefficient (Wildman–Crippen LogP) is 4.36. The molecule has 0 spiro atoms. The first-order valence-electron chi connectivity index (χ1n) is 7.15. The van der Waals surface area contributed by atoms with E-state index in [-0.39, 0.29) is 11.5 Å². The van der Waals surface area contributed by atoms with E-state index in [2.05, 4.69) is 63.9 Å². The minimum Gasteiger partial charge on any atom is -0.318 e. The van der Waals surface area contributed by atoms with E-state index >= 15 is 0 Å². The fourth-order valence-electron chi connectivity index (χ4n) is 2.24. The number of hydrogen-bond acceptors (Lipinski definition) is 3. The number of nitrogens with zero attached hydrogens (tertiary/aromatic N) is 1. The third kappa shape index (κ3) is 3.10. The Bertz CT molecular complexity index is 576. The zero-order valence-corrected chi connectivity index (χ0v) is 13.8. The van der Waals surface area contributed by atoms with Crippen LogP contribution in [0.2, 0.25) is 0 Å². The SMILES string of the molecule is CCc1nc(C(N)c2ccc(C(C)(C)C)cc2)sc1C. The van der Waals surface area contributed by atoms with Crippen molar-refractivity contribution in [3.05, 3.63) is 51.0 Å². The minimum atomic E-state index is -0.118. The molecule has 0 saturated heterocycles. The van der Waals surface area contributed by atoms with Crippen molar-refractivity contribution in [2.75, 3.05) is 0 Å². The standard InChI is InChI=1S/C17H24N2S/c1-6-14-11(2)20-16(19-14)15(18)12-7-9-13(10-8-12)17(3,4)5/h7-10,15H,6,18H2,1-5H3. The Labute approximate surface area is 126 Å². The van der Waals surface area contributed by atoms with Gasteiger partial charge in [-0.25, -0.2) is 4.98 Å². The molecule has 0 aliphatic carbocycles. The molecule has 2 nitrogen and oxygen atoms in total. The molecule has 0 radical (unpaired) electrons. The van der Waals surface area contributed by atoms with Gasteiger partial charge in [0.15, 0.2) is 0 Å². The van der Waals surface area contributed by atoms with E-state index < -0.39 is 0 Å². The molecule has 1 aromatic heterocycles. The molecule has 0 amide bonds. The van der Waals surface area contributed by atoms with Crippen molar-refractivity contribution in [1.82, 2.24) is 4.98 Å². The maximum absolute atomic E-state index is 6.36. The number of benzene rings is 1. The summed E-state index contributed by atoms with van der Waals surface area (Å²) >= 11 is 1.72. The van der Waals surface area contributed by atoms with E-state index in [1.54, 1.807) is 11.3 Å². The zero-order chi connectivity index (χ0) is 14.9. The Balaban J connectivity index is 2.26. The lowest BCUT2D eigenvalue weighted by atomic mass is 9.86. The summed E-state index contributed by atoms with van der Waals surface area (Å²) in [4.78, 5) is 5.95. The molecule has 108 valence electrons. The number of thiazole rings is 1. The predicted molar refractivity (Wildman–Crippen MR) is 87.4 cm³/mol. The van der Waals surface area contributed by atoms with E-state index in [4.69, 9.17) is 5.73 Å². The van der Waals surface area contributed by atoms with Gasteiger partial charge in [-0.1, -0.05) is 52.0 Å². The van der Waals surface area contributed by atoms with Gasteiger partial charge in [-0.2, -0.15) is 0 Å². The van der Waals surface area contributed by atoms with Gasteiger partial charge in [0.25, 0.3) is 0 Å². The summed E-state index contributed by atoms with van der Waals surface area (Å²) in [6, 6.07) is 8.50. The van der Waals surface area contributed by atoms with Gasteiger partial charge in [0, 0.05) is 4.88 Å². The molecule has 2 aromatic rings. The topological polar surface area (TPSA) is 38.9 Å². The smallest absolute Gasteiger partial charge is 0.114 e. The van der Waals surface area contributed by atoms with Gasteiger partial charge < -0.3 is 5.73 Å². The van der Waals surface area contributed by atoms with Gasteiger partial charge in [0.05, 0.1) is 11.7 Å². The summed E-state index contributed by atoms with van der Waals surface area (Å²) in [6.45, 7) is 10.9. The summed E-state index contributed by atoms with van der Waals surface area (Å²) in [5.41, 5.74) is 10.2. The Hall–Kier alpha value is -1.19. The first-order valence-corrected chi connectivity index (χ1v) is 7.96. The van der Waals surface area contributed by atoms with Gasteiger partial charge in [-0.3, -0.25) is 0 Å². The molecule has 1 atom stereocenters. The molecule has 0 fully saturated rings. The van der Waals surface area contributed by atoms with Crippen LogP contribution in [0.1, 0.15) is 60.4 Å². The quantitative estimate of drug-likeness (QED) is 0.911. The molecule has 20 heavy (non-hydrogen) atoms. The second-order valence-corrected chi connectivity index (χ2v) is 7.49. The maximum Gasteiger partial charge on any atom is 0.114 e. The van der Waals surface area contributed by atoms with Gasteiger partial charge in [-0.05, 0) is 29.9 Å². The summed E-state index contributed by atoms with van der Waals surface area (Å²) in [7, 11) is 0. The van der Waals surface area contributed by atoms with Crippen molar-refractivity contribution in [2.24, 2.45) is 5.73 Å². The molecule has 1 aromatic carbocycles. The minimum absolute atomic E-state index is 0.118. The Morgan fingerprint density at radius 2 is 1.80 bits per heavy atom. The van der Waals surface area contributed by atoms with Crippen molar-refractivity contribution in [3.63, 3.8) is 0 Å². The molecule has 2 N–H and O–H groups in total. The average Bonchev–Trinajstić information content (AvgIpc) is 2.78. The van der Waals surface area contributed by atoms with Gasteiger partial charge >= 0.3 is 0 Å². The second-order valence-electron chi connectivity index (χ2n) is 6.26. The highest BCUT2D eigenvalue weighted by atomic mass is 32.1. The van der Waals surface area contributed by atoms with E-state index in [9.17, 15) is 0 Å². The fourth-order valence-corrected chi connectivity index (χ4v) is 3.28. The van der Waals surface area contributed by atoms with E-state index in [0.717, 1.165) is 17.0 Å². The highest BCUT2D eigenvalue weighted by Crippen LogP contribution is 2.28. The van der Waals surface area contributed by atoms with Crippen LogP contribution in [0.25, 0.3) is 0 Å². The fraction of sp³-hybridized carbons (Fsp3) is 0.471. The third-order valence-electron chi connectivity index (χ3n) is 3.65. The van der Waals surface area contributed by atoms with Gasteiger partial charge in [0.2, 0.25) is 0 Å². The van der Waals surface area contributed by atoms with Crippen LogP contribution in [0.5, 0.6) is 0 Å². The van der Waals surface area contributed by atoms with Crippen molar-refractivity contribution < 1.29 is 0 Å². The van der Waals surface area contributed by atoms with Crippen molar-refractivity contribution >= 4 is 11.3 Å². The van der Waals surface area contributed by atoms with Crippen LogP contribution in [-0.4, -0.2) is 4.98 Å². The summed E-state index contributed by atoms with van der Waals surface area (Å²) in [6.07, 6.45) is 0.970. The van der Waals surface area contributed by atoms with Crippen LogP contribution in [0.15, 0.2) is 24.3 Å². The number of aryl methyl sites for hydroxylation is 2. The molecule has 0 aliphatic rings. The van der Waals surface area contributed by atoms with Gasteiger partial charge in [0.1, 0.15) is 5.01 Å². The lowest BCUT2D eigenvalue weighted by Crippen LogP contribution is -2.14. The van der Waals surface area contributed by atoms with Crippen LogP contribution in [0.3, 0.4) is 0 Å². The number of rotatable bonds is 3. The molecular weight excluding hydrogens is 264 g/mol. The Kier molecular flexibility index (Phi) is 4.31. The Morgan fingerprint density at radius 1 is 1.20 bits per heavy atom. The van der Waals surface area contributed by atoms with Crippen LogP contribution >= 0.6 is 11.3 Å². The van der Waals surface area contributed by atoms with E-state index in [1.165, 1.54) is 16.1 Å². The molecule has 0 saturated carbocycles. The number of hydrogen-bond donors (Lipinski definition) is 1. The van der Waals surface area contributed by atoms with Gasteiger partial charge in [-0.15, -0.1) is 11.3 Å². The largest absolute Gasteiger partial charge is 0.318 e. The molecule has 0 bridgehead atoms. The average molecular weight is 288 g/mol. The second kappa shape index (κ2) is 5.66. The maximum atomic E-state index is 6.36. The molecule has 0 aliphatic heterocycles. The van der Waals surface area contributed by atoms with E-state index in [0.29, 0.717) is 0 Å². The zero-order valence-electron chi connectivity index (χ0n) is 13.0. The summed E-state index contributed by atoms with van der Waals surface area (Å²) in [5.74, 6) is 0. The molecule has 1 unspecified atom stereocenters. The monoisotopic (exact) mass is 288 g/mol. The van der Waals surface area contributed by atoms with Crippen LogP contribution in [0, 0.1) is 6.92 Å². The molecule has 3 heteroatoms. The van der Waals surface area contributed by atoms with Crippen LogP contribution in [-0.2, 0) is 11.8 Å². The van der Waals surface area contributed by atoms with Crippen LogP contribution < -0.4 is 5.73 Å². The normalized spacial score (nSPS) is 13.5. The number of aromatic nitrogens is 1. The molecular formula is C17H24N2S.